The lowest BCUT2D eigenvalue weighted by molar-refractivity contribution is 0.573. The Bertz CT molecular complexity index is 492. The van der Waals surface area contributed by atoms with Gasteiger partial charge in [-0.3, -0.25) is 0 Å². The van der Waals surface area contributed by atoms with Gasteiger partial charge in [0.05, 0.1) is 6.33 Å². The fraction of sp³-hybridized carbons (Fsp3) is 0.583. The van der Waals surface area contributed by atoms with Crippen LogP contribution in [0.25, 0.3) is 11.2 Å². The molecule has 0 saturated heterocycles. The van der Waals surface area contributed by atoms with E-state index >= 15 is 0 Å². The zero-order chi connectivity index (χ0) is 12.8. The number of rotatable bonds is 7. The van der Waals surface area contributed by atoms with Gasteiger partial charge in [0.1, 0.15) is 11.8 Å². The Morgan fingerprint density at radius 3 is 2.94 bits per heavy atom. The summed E-state index contributed by atoms with van der Waals surface area (Å²) >= 11 is 0. The molecule has 0 aliphatic rings. The van der Waals surface area contributed by atoms with Crippen LogP contribution in [0.15, 0.2) is 12.7 Å². The second kappa shape index (κ2) is 6.30. The van der Waals surface area contributed by atoms with Crippen molar-refractivity contribution in [3.63, 3.8) is 0 Å². The highest BCUT2D eigenvalue weighted by molar-refractivity contribution is 5.80. The molecular weight excluding hydrogens is 228 g/mol. The number of hydrogen-bond acceptors (Lipinski definition) is 5. The molecule has 6 nitrogen and oxygen atoms in total. The third-order valence-electron chi connectivity index (χ3n) is 2.92. The van der Waals surface area contributed by atoms with E-state index in [1.54, 1.807) is 6.33 Å². The first-order chi connectivity index (χ1) is 8.83. The lowest BCUT2D eigenvalue weighted by Crippen LogP contribution is -2.20. The zero-order valence-electron chi connectivity index (χ0n) is 10.8. The van der Waals surface area contributed by atoms with Crippen molar-refractivity contribution < 1.29 is 0 Å². The van der Waals surface area contributed by atoms with Gasteiger partial charge in [0, 0.05) is 13.1 Å². The molecule has 2 heterocycles. The number of hydrogen-bond donors (Lipinski definition) is 2. The number of imidazole rings is 1. The van der Waals surface area contributed by atoms with Crippen LogP contribution < -0.4 is 11.1 Å². The van der Waals surface area contributed by atoms with Crippen molar-refractivity contribution in [1.82, 2.24) is 24.8 Å². The Morgan fingerprint density at radius 2 is 2.11 bits per heavy atom. The van der Waals surface area contributed by atoms with Gasteiger partial charge in [-0.05, 0) is 13.0 Å². The van der Waals surface area contributed by atoms with Gasteiger partial charge in [0.25, 0.3) is 0 Å². The normalized spacial score (nSPS) is 11.2. The molecule has 0 aromatic carbocycles. The van der Waals surface area contributed by atoms with Crippen molar-refractivity contribution in [2.75, 3.05) is 18.8 Å². The van der Waals surface area contributed by atoms with E-state index in [-0.39, 0.29) is 0 Å². The van der Waals surface area contributed by atoms with E-state index < -0.39 is 0 Å². The number of nitrogen functional groups attached to an aromatic ring is 1. The molecule has 0 atom stereocenters. The Morgan fingerprint density at radius 1 is 1.22 bits per heavy atom. The topological polar surface area (TPSA) is 81.7 Å². The lowest BCUT2D eigenvalue weighted by atomic mass is 10.2. The molecule has 6 heteroatoms. The maximum absolute atomic E-state index is 5.74. The molecule has 0 unspecified atom stereocenters. The third-order valence-corrected chi connectivity index (χ3v) is 2.92. The number of nitrogens with one attached hydrogen (secondary N) is 1. The van der Waals surface area contributed by atoms with Crippen LogP contribution in [0, 0.1) is 0 Å². The molecule has 0 aliphatic heterocycles. The maximum Gasteiger partial charge on any atom is 0.165 e. The van der Waals surface area contributed by atoms with Crippen molar-refractivity contribution in [2.45, 2.75) is 32.7 Å². The first-order valence-corrected chi connectivity index (χ1v) is 6.45. The summed E-state index contributed by atoms with van der Waals surface area (Å²) in [7, 11) is 0. The molecule has 2 rings (SSSR count). The predicted molar refractivity (Wildman–Crippen MR) is 72.1 cm³/mol. The molecule has 2 aromatic rings. The van der Waals surface area contributed by atoms with Crippen molar-refractivity contribution in [3.05, 3.63) is 12.7 Å². The van der Waals surface area contributed by atoms with Crippen LogP contribution in [-0.4, -0.2) is 32.6 Å². The molecule has 0 bridgehead atoms. The molecule has 0 fully saturated rings. The number of aromatic nitrogens is 4. The largest absolute Gasteiger partial charge is 0.382 e. The molecule has 0 aliphatic carbocycles. The summed E-state index contributed by atoms with van der Waals surface area (Å²) in [5, 5.41) is 3.41. The predicted octanol–water partition coefficient (Wildman–Crippen LogP) is 1.19. The average molecular weight is 248 g/mol. The number of nitrogens with two attached hydrogens (primary N) is 1. The summed E-state index contributed by atoms with van der Waals surface area (Å²) in [5.74, 6) is 0.439. The fourth-order valence-electron chi connectivity index (χ4n) is 1.89. The number of nitrogens with zero attached hydrogens (tertiary/aromatic N) is 4. The molecule has 0 spiro atoms. The van der Waals surface area contributed by atoms with E-state index in [2.05, 4.69) is 27.2 Å². The summed E-state index contributed by atoms with van der Waals surface area (Å²) in [6, 6.07) is 0. The average Bonchev–Trinajstić information content (AvgIpc) is 2.79. The first kappa shape index (κ1) is 12.8. The minimum atomic E-state index is 0.439. The van der Waals surface area contributed by atoms with E-state index in [1.165, 1.54) is 25.6 Å². The summed E-state index contributed by atoms with van der Waals surface area (Å²) < 4.78 is 2.00. The van der Waals surface area contributed by atoms with E-state index in [4.69, 9.17) is 5.73 Å². The quantitative estimate of drug-likeness (QED) is 0.719. The summed E-state index contributed by atoms with van der Waals surface area (Å²) in [6.07, 6.45) is 7.01. The van der Waals surface area contributed by atoms with Gasteiger partial charge >= 0.3 is 0 Å². The molecule has 0 amide bonds. The molecule has 2 aromatic heterocycles. The summed E-state index contributed by atoms with van der Waals surface area (Å²) in [4.78, 5) is 12.4. The highest BCUT2D eigenvalue weighted by Gasteiger charge is 2.06. The molecule has 0 radical (unpaired) electrons. The second-order valence-electron chi connectivity index (χ2n) is 4.33. The van der Waals surface area contributed by atoms with Crippen molar-refractivity contribution in [1.29, 1.82) is 0 Å². The van der Waals surface area contributed by atoms with Gasteiger partial charge in [-0.1, -0.05) is 19.8 Å². The van der Waals surface area contributed by atoms with E-state index in [0.29, 0.717) is 11.3 Å². The van der Waals surface area contributed by atoms with Gasteiger partial charge in [-0.2, -0.15) is 0 Å². The van der Waals surface area contributed by atoms with Gasteiger partial charge in [-0.25, -0.2) is 15.0 Å². The van der Waals surface area contributed by atoms with E-state index in [0.717, 1.165) is 25.3 Å². The van der Waals surface area contributed by atoms with Crippen LogP contribution in [-0.2, 0) is 6.54 Å². The van der Waals surface area contributed by atoms with Crippen molar-refractivity contribution >= 4 is 17.0 Å². The second-order valence-corrected chi connectivity index (χ2v) is 4.33. The van der Waals surface area contributed by atoms with Gasteiger partial charge in [0.15, 0.2) is 11.5 Å². The van der Waals surface area contributed by atoms with Crippen LogP contribution >= 0.6 is 0 Å². The van der Waals surface area contributed by atoms with Crippen molar-refractivity contribution in [3.8, 4) is 0 Å². The number of anilines is 1. The third kappa shape index (κ3) is 2.95. The van der Waals surface area contributed by atoms with E-state index in [9.17, 15) is 0 Å². The molecule has 18 heavy (non-hydrogen) atoms. The standard InChI is InChI=1S/C12H20N6/c1-2-3-4-5-14-6-7-18-9-17-10-11(13)15-8-16-12(10)18/h8-9,14H,2-7H2,1H3,(H2,13,15,16). The van der Waals surface area contributed by atoms with Gasteiger partial charge in [-0.15, -0.1) is 0 Å². The van der Waals surface area contributed by atoms with Crippen LogP contribution in [0.5, 0.6) is 0 Å². The molecule has 0 saturated carbocycles. The highest BCUT2D eigenvalue weighted by atomic mass is 15.1. The SMILES string of the molecule is CCCCCNCCn1cnc2c(N)ncnc21. The minimum Gasteiger partial charge on any atom is -0.382 e. The molecule has 3 N–H and O–H groups in total. The number of unbranched alkanes of at least 4 members (excludes halogenated alkanes) is 2. The monoisotopic (exact) mass is 248 g/mol. The van der Waals surface area contributed by atoms with Gasteiger partial charge < -0.3 is 15.6 Å². The van der Waals surface area contributed by atoms with E-state index in [1.807, 2.05) is 4.57 Å². The first-order valence-electron chi connectivity index (χ1n) is 6.45. The fourth-order valence-corrected chi connectivity index (χ4v) is 1.89. The van der Waals surface area contributed by atoms with Crippen LogP contribution in [0.2, 0.25) is 0 Å². The highest BCUT2D eigenvalue weighted by Crippen LogP contribution is 2.13. The minimum absolute atomic E-state index is 0.439. The smallest absolute Gasteiger partial charge is 0.165 e. The number of fused-ring (bicyclic) bond motifs is 1. The lowest BCUT2D eigenvalue weighted by Gasteiger charge is -2.05. The Balaban J connectivity index is 1.86. The Hall–Kier alpha value is -1.69. The van der Waals surface area contributed by atoms with Crippen LogP contribution in [0.4, 0.5) is 5.82 Å². The molecule has 98 valence electrons. The zero-order valence-corrected chi connectivity index (χ0v) is 10.8. The van der Waals surface area contributed by atoms with Crippen LogP contribution in [0.1, 0.15) is 26.2 Å². The summed E-state index contributed by atoms with van der Waals surface area (Å²) in [6.45, 7) is 5.04. The summed E-state index contributed by atoms with van der Waals surface area (Å²) in [5.41, 5.74) is 7.22. The van der Waals surface area contributed by atoms with Crippen molar-refractivity contribution in [2.24, 2.45) is 0 Å². The Kier molecular flexibility index (Phi) is 4.46. The Labute approximate surface area is 107 Å². The molecular formula is C12H20N6. The maximum atomic E-state index is 5.74. The van der Waals surface area contributed by atoms with Gasteiger partial charge in [0.2, 0.25) is 0 Å². The van der Waals surface area contributed by atoms with Crippen LogP contribution in [0.3, 0.4) is 0 Å².